The predicted octanol–water partition coefficient (Wildman–Crippen LogP) is 3.58. The van der Waals surface area contributed by atoms with Gasteiger partial charge in [-0.2, -0.15) is 5.10 Å². The Kier molecular flexibility index (Phi) is 7.98. The molecule has 0 bridgehead atoms. The summed E-state index contributed by atoms with van der Waals surface area (Å²) < 4.78 is 12.5. The van der Waals surface area contributed by atoms with Crippen LogP contribution in [0.5, 0.6) is 0 Å². The maximum Gasteiger partial charge on any atom is 0.275 e. The van der Waals surface area contributed by atoms with Crippen molar-refractivity contribution in [3.63, 3.8) is 0 Å². The number of nitrogens with one attached hydrogen (secondary N) is 1. The van der Waals surface area contributed by atoms with Crippen LogP contribution in [0.4, 0.5) is 5.82 Å². The number of carbonyl (C=O) groups is 2. The Hall–Kier alpha value is -4.16. The molecule has 4 aromatic rings. The Morgan fingerprint density at radius 3 is 2.67 bits per heavy atom. The molecule has 0 radical (unpaired) electrons. The highest BCUT2D eigenvalue weighted by atomic mass is 16.5. The van der Waals surface area contributed by atoms with E-state index in [-0.39, 0.29) is 23.8 Å². The first-order valence-electron chi connectivity index (χ1n) is 14.5. The van der Waals surface area contributed by atoms with E-state index in [4.69, 9.17) is 9.15 Å². The molecule has 0 spiro atoms. The summed E-state index contributed by atoms with van der Waals surface area (Å²) in [4.78, 5) is 43.0. The first kappa shape index (κ1) is 28.0. The summed E-state index contributed by atoms with van der Waals surface area (Å²) in [5.74, 6) is 1.52. The first-order chi connectivity index (χ1) is 20.4. The van der Waals surface area contributed by atoms with E-state index in [0.29, 0.717) is 55.6 Å². The molecule has 42 heavy (non-hydrogen) atoms. The van der Waals surface area contributed by atoms with Crippen molar-refractivity contribution in [2.24, 2.45) is 5.92 Å². The summed E-state index contributed by atoms with van der Waals surface area (Å²) in [6.07, 6.45) is 9.43. The van der Waals surface area contributed by atoms with Gasteiger partial charge in [-0.3, -0.25) is 14.5 Å². The predicted molar refractivity (Wildman–Crippen MR) is 155 cm³/mol. The normalized spacial score (nSPS) is 20.9. The molecule has 2 fully saturated rings. The molecule has 1 saturated carbocycles. The lowest BCUT2D eigenvalue weighted by Gasteiger charge is -2.49. The number of hydrogen-bond acceptors (Lipinski definition) is 9. The maximum atomic E-state index is 13.0. The van der Waals surface area contributed by atoms with E-state index < -0.39 is 0 Å². The Morgan fingerprint density at radius 1 is 1.14 bits per heavy atom. The monoisotopic (exact) mass is 572 g/mol. The van der Waals surface area contributed by atoms with E-state index in [1.165, 1.54) is 6.26 Å². The molecule has 1 aliphatic heterocycles. The lowest BCUT2D eigenvalue weighted by atomic mass is 9.78. The van der Waals surface area contributed by atoms with E-state index in [9.17, 15) is 9.59 Å². The molecule has 12 nitrogen and oxygen atoms in total. The summed E-state index contributed by atoms with van der Waals surface area (Å²) in [7, 11) is 0. The molecule has 5 heterocycles. The van der Waals surface area contributed by atoms with Crippen LogP contribution in [0.25, 0.3) is 16.6 Å². The molecule has 1 saturated heterocycles. The number of anilines is 1. The third kappa shape index (κ3) is 5.90. The van der Waals surface area contributed by atoms with E-state index >= 15 is 0 Å². The van der Waals surface area contributed by atoms with Crippen molar-refractivity contribution >= 4 is 23.1 Å². The fourth-order valence-electron chi connectivity index (χ4n) is 5.74. The van der Waals surface area contributed by atoms with Crippen molar-refractivity contribution in [2.45, 2.75) is 58.7 Å². The van der Waals surface area contributed by atoms with Crippen molar-refractivity contribution in [1.82, 2.24) is 34.4 Å². The van der Waals surface area contributed by atoms with Crippen LogP contribution in [-0.2, 0) is 16.1 Å². The second kappa shape index (κ2) is 12.0. The number of rotatable bonds is 9. The van der Waals surface area contributed by atoms with Gasteiger partial charge in [0.15, 0.2) is 23.2 Å². The highest BCUT2D eigenvalue weighted by Crippen LogP contribution is 2.35. The molecule has 12 heteroatoms. The molecular weight excluding hydrogens is 536 g/mol. The SMILES string of the molecule is CCCOCc1ncc(-c2ccn3nc(NC(=O)C4CC(N5CCN(C(=O)c6coc(C)n6)C[C@@H]5C)C4)cc3c2)cn1. The fraction of sp³-hybridized carbons (Fsp3) is 0.467. The zero-order chi connectivity index (χ0) is 29.2. The highest BCUT2D eigenvalue weighted by Gasteiger charge is 2.41. The molecular formula is C30H36N8O4. The zero-order valence-corrected chi connectivity index (χ0v) is 24.2. The van der Waals surface area contributed by atoms with Gasteiger partial charge in [-0.1, -0.05) is 6.92 Å². The summed E-state index contributed by atoms with van der Waals surface area (Å²) >= 11 is 0. The van der Waals surface area contributed by atoms with Crippen molar-refractivity contribution in [3.8, 4) is 11.1 Å². The Morgan fingerprint density at radius 2 is 1.95 bits per heavy atom. The highest BCUT2D eigenvalue weighted by molar-refractivity contribution is 5.93. The van der Waals surface area contributed by atoms with Crippen molar-refractivity contribution in [2.75, 3.05) is 31.6 Å². The van der Waals surface area contributed by atoms with Crippen LogP contribution in [0.15, 0.2) is 47.5 Å². The molecule has 2 amide bonds. The quantitative estimate of drug-likeness (QED) is 0.299. The van der Waals surface area contributed by atoms with Gasteiger partial charge in [0.25, 0.3) is 5.91 Å². The van der Waals surface area contributed by atoms with Gasteiger partial charge in [0.2, 0.25) is 5.91 Å². The molecule has 6 rings (SSSR count). The maximum absolute atomic E-state index is 13.0. The van der Waals surface area contributed by atoms with Crippen LogP contribution in [0.1, 0.15) is 55.3 Å². The first-order valence-corrected chi connectivity index (χ1v) is 14.5. The number of hydrogen-bond donors (Lipinski definition) is 1. The van der Waals surface area contributed by atoms with Gasteiger partial charge in [0.1, 0.15) is 12.9 Å². The number of oxazole rings is 1. The lowest BCUT2D eigenvalue weighted by molar-refractivity contribution is -0.125. The van der Waals surface area contributed by atoms with Gasteiger partial charge >= 0.3 is 0 Å². The molecule has 0 aromatic carbocycles. The largest absolute Gasteiger partial charge is 0.448 e. The number of fused-ring (bicyclic) bond motifs is 1. The van der Waals surface area contributed by atoms with E-state index in [1.807, 2.05) is 29.3 Å². The molecule has 220 valence electrons. The van der Waals surface area contributed by atoms with Crippen LogP contribution in [0.2, 0.25) is 0 Å². The Labute approximate surface area is 244 Å². The minimum absolute atomic E-state index is 0.00738. The second-order valence-electron chi connectivity index (χ2n) is 11.2. The van der Waals surface area contributed by atoms with Gasteiger partial charge in [-0.05, 0) is 43.9 Å². The molecule has 2 aliphatic rings. The summed E-state index contributed by atoms with van der Waals surface area (Å²) in [5.41, 5.74) is 3.09. The second-order valence-corrected chi connectivity index (χ2v) is 11.2. The summed E-state index contributed by atoms with van der Waals surface area (Å²) in [6.45, 7) is 9.06. The third-order valence-electron chi connectivity index (χ3n) is 8.09. The Bertz CT molecular complexity index is 1560. The third-order valence-corrected chi connectivity index (χ3v) is 8.09. The van der Waals surface area contributed by atoms with Gasteiger partial charge in [0, 0.05) is 81.4 Å². The summed E-state index contributed by atoms with van der Waals surface area (Å²) in [5, 5.41) is 7.54. The van der Waals surface area contributed by atoms with Gasteiger partial charge < -0.3 is 19.4 Å². The minimum atomic E-state index is -0.0945. The van der Waals surface area contributed by atoms with Crippen LogP contribution < -0.4 is 5.32 Å². The molecule has 1 atom stereocenters. The number of ether oxygens (including phenoxy) is 1. The standard InChI is InChI=1S/C30H36N8O4/c1-4-9-41-18-28-31-14-23(15-32-28)21-5-6-38-25(10-21)13-27(35-38)34-29(39)22-11-24(12-22)37-8-7-36(16-19(37)2)30(40)26-17-42-20(3)33-26/h5-6,10,13-15,17,19,22,24H,4,7-9,11-12,16,18H2,1-3H3,(H,34,35,39)/t19-,22?,24?/m0/s1. The average Bonchev–Trinajstić information content (AvgIpc) is 3.58. The average molecular weight is 573 g/mol. The van der Waals surface area contributed by atoms with Crippen LogP contribution in [0.3, 0.4) is 0 Å². The lowest BCUT2D eigenvalue weighted by Crippen LogP contribution is -2.60. The van der Waals surface area contributed by atoms with Gasteiger partial charge in [-0.25, -0.2) is 19.5 Å². The zero-order valence-electron chi connectivity index (χ0n) is 24.2. The van der Waals surface area contributed by atoms with E-state index in [0.717, 1.165) is 42.5 Å². The van der Waals surface area contributed by atoms with E-state index in [2.05, 4.69) is 44.1 Å². The molecule has 1 N–H and O–H groups in total. The van der Waals surface area contributed by atoms with Gasteiger partial charge in [0.05, 0.1) is 5.52 Å². The fourth-order valence-corrected chi connectivity index (χ4v) is 5.74. The van der Waals surface area contributed by atoms with Crippen molar-refractivity contribution in [1.29, 1.82) is 0 Å². The van der Waals surface area contributed by atoms with Crippen LogP contribution >= 0.6 is 0 Å². The molecule has 1 aliphatic carbocycles. The van der Waals surface area contributed by atoms with Crippen molar-refractivity contribution in [3.05, 3.63) is 60.5 Å². The molecule has 0 unspecified atom stereocenters. The number of aromatic nitrogens is 5. The minimum Gasteiger partial charge on any atom is -0.448 e. The van der Waals surface area contributed by atoms with Crippen molar-refractivity contribution < 1.29 is 18.7 Å². The summed E-state index contributed by atoms with van der Waals surface area (Å²) in [6, 6.07) is 6.37. The number of aryl methyl sites for hydroxylation is 1. The Balaban J connectivity index is 1.01. The smallest absolute Gasteiger partial charge is 0.275 e. The van der Waals surface area contributed by atoms with Crippen LogP contribution in [-0.4, -0.2) is 84.5 Å². The van der Waals surface area contributed by atoms with Gasteiger partial charge in [-0.15, -0.1) is 0 Å². The number of carbonyl (C=O) groups excluding carboxylic acids is 2. The van der Waals surface area contributed by atoms with Crippen LogP contribution in [0, 0.1) is 12.8 Å². The number of pyridine rings is 1. The van der Waals surface area contributed by atoms with E-state index in [1.54, 1.807) is 23.8 Å². The number of amides is 2. The topological polar surface area (TPSA) is 131 Å². The molecule has 4 aromatic heterocycles. The number of nitrogens with zero attached hydrogens (tertiary/aromatic N) is 7. The number of piperazine rings is 1.